The zero-order chi connectivity index (χ0) is 15.0. The molecule has 112 valence electrons. The number of benzene rings is 1. The first-order chi connectivity index (χ1) is 9.60. The first kappa shape index (κ1) is 16.5. The number of amides is 1. The minimum absolute atomic E-state index is 0.0584. The molecule has 0 aliphatic heterocycles. The molecule has 20 heavy (non-hydrogen) atoms. The van der Waals surface area contributed by atoms with Crippen molar-refractivity contribution >= 4 is 5.91 Å². The van der Waals surface area contributed by atoms with Gasteiger partial charge in [-0.05, 0) is 37.2 Å². The maximum Gasteiger partial charge on any atom is 0.224 e. The number of hydrogen-bond acceptors (Lipinski definition) is 3. The van der Waals surface area contributed by atoms with Crippen LogP contribution in [0.2, 0.25) is 0 Å². The molecule has 1 N–H and O–H groups in total. The first-order valence-corrected chi connectivity index (χ1v) is 7.23. The molecule has 1 aromatic rings. The van der Waals surface area contributed by atoms with Gasteiger partial charge in [0, 0.05) is 13.1 Å². The SMILES string of the molecule is CCN(CC)CCNC(=O)Cc1ccc(C)c(OC)c1. The van der Waals surface area contributed by atoms with Gasteiger partial charge < -0.3 is 15.0 Å². The smallest absolute Gasteiger partial charge is 0.224 e. The van der Waals surface area contributed by atoms with Crippen molar-refractivity contribution in [2.45, 2.75) is 27.2 Å². The molecule has 0 aliphatic carbocycles. The summed E-state index contributed by atoms with van der Waals surface area (Å²) < 4.78 is 5.27. The van der Waals surface area contributed by atoms with E-state index in [0.29, 0.717) is 13.0 Å². The van der Waals surface area contributed by atoms with Gasteiger partial charge in [-0.1, -0.05) is 26.0 Å². The monoisotopic (exact) mass is 278 g/mol. The van der Waals surface area contributed by atoms with Crippen LogP contribution >= 0.6 is 0 Å². The third-order valence-corrected chi connectivity index (χ3v) is 3.48. The van der Waals surface area contributed by atoms with Crippen LogP contribution in [0.4, 0.5) is 0 Å². The van der Waals surface area contributed by atoms with E-state index in [9.17, 15) is 4.79 Å². The van der Waals surface area contributed by atoms with E-state index in [1.165, 1.54) is 0 Å². The molecule has 1 rings (SSSR count). The number of carbonyl (C=O) groups is 1. The van der Waals surface area contributed by atoms with E-state index in [0.717, 1.165) is 36.5 Å². The molecule has 0 radical (unpaired) electrons. The molecule has 0 spiro atoms. The Labute approximate surface area is 122 Å². The van der Waals surface area contributed by atoms with Crippen molar-refractivity contribution in [1.82, 2.24) is 10.2 Å². The van der Waals surface area contributed by atoms with E-state index in [1.807, 2.05) is 25.1 Å². The number of methoxy groups -OCH3 is 1. The Hall–Kier alpha value is -1.55. The number of aryl methyl sites for hydroxylation is 1. The fraction of sp³-hybridized carbons (Fsp3) is 0.562. The molecule has 4 heteroatoms. The van der Waals surface area contributed by atoms with Crippen molar-refractivity contribution in [3.05, 3.63) is 29.3 Å². The van der Waals surface area contributed by atoms with Gasteiger partial charge in [-0.2, -0.15) is 0 Å². The fourth-order valence-corrected chi connectivity index (χ4v) is 2.12. The van der Waals surface area contributed by atoms with Gasteiger partial charge in [0.15, 0.2) is 0 Å². The van der Waals surface area contributed by atoms with E-state index >= 15 is 0 Å². The summed E-state index contributed by atoms with van der Waals surface area (Å²) in [5.41, 5.74) is 2.06. The molecule has 0 saturated heterocycles. The average Bonchev–Trinajstić information content (AvgIpc) is 2.45. The van der Waals surface area contributed by atoms with Crippen LogP contribution in [-0.2, 0) is 11.2 Å². The van der Waals surface area contributed by atoms with Crippen molar-refractivity contribution in [1.29, 1.82) is 0 Å². The number of likely N-dealkylation sites (N-methyl/N-ethyl adjacent to an activating group) is 1. The molecule has 0 bridgehead atoms. The average molecular weight is 278 g/mol. The van der Waals surface area contributed by atoms with Crippen LogP contribution in [0.3, 0.4) is 0 Å². The van der Waals surface area contributed by atoms with Gasteiger partial charge in [0.1, 0.15) is 5.75 Å². The largest absolute Gasteiger partial charge is 0.496 e. The molecule has 1 amide bonds. The quantitative estimate of drug-likeness (QED) is 0.791. The maximum atomic E-state index is 11.9. The van der Waals surface area contributed by atoms with Gasteiger partial charge in [0.05, 0.1) is 13.5 Å². The van der Waals surface area contributed by atoms with Crippen LogP contribution in [0, 0.1) is 6.92 Å². The van der Waals surface area contributed by atoms with Crippen LogP contribution in [-0.4, -0.2) is 44.1 Å². The number of nitrogens with one attached hydrogen (secondary N) is 1. The van der Waals surface area contributed by atoms with E-state index in [2.05, 4.69) is 24.1 Å². The lowest BCUT2D eigenvalue weighted by atomic mass is 10.1. The van der Waals surface area contributed by atoms with Crippen LogP contribution < -0.4 is 10.1 Å². The summed E-state index contributed by atoms with van der Waals surface area (Å²) >= 11 is 0. The highest BCUT2D eigenvalue weighted by Crippen LogP contribution is 2.19. The molecule has 0 aromatic heterocycles. The van der Waals surface area contributed by atoms with Crippen molar-refractivity contribution in [2.75, 3.05) is 33.3 Å². The molecule has 0 unspecified atom stereocenters. The Balaban J connectivity index is 2.42. The number of rotatable bonds is 8. The highest BCUT2D eigenvalue weighted by Gasteiger charge is 2.06. The third-order valence-electron chi connectivity index (χ3n) is 3.48. The fourth-order valence-electron chi connectivity index (χ4n) is 2.12. The van der Waals surface area contributed by atoms with Crippen molar-refractivity contribution in [3.8, 4) is 5.75 Å². The molecule has 0 atom stereocenters. The topological polar surface area (TPSA) is 41.6 Å². The van der Waals surface area contributed by atoms with E-state index < -0.39 is 0 Å². The van der Waals surface area contributed by atoms with E-state index in [4.69, 9.17) is 4.74 Å². The molecular weight excluding hydrogens is 252 g/mol. The van der Waals surface area contributed by atoms with E-state index in [1.54, 1.807) is 7.11 Å². The number of hydrogen-bond donors (Lipinski definition) is 1. The predicted molar refractivity (Wildman–Crippen MR) is 82.2 cm³/mol. The van der Waals surface area contributed by atoms with Crippen LogP contribution in [0.5, 0.6) is 5.75 Å². The van der Waals surface area contributed by atoms with Gasteiger partial charge in [0.2, 0.25) is 5.91 Å². The zero-order valence-corrected chi connectivity index (χ0v) is 13.0. The second-order valence-electron chi connectivity index (χ2n) is 4.86. The third kappa shape index (κ3) is 5.21. The van der Waals surface area contributed by atoms with Crippen molar-refractivity contribution in [3.63, 3.8) is 0 Å². The highest BCUT2D eigenvalue weighted by molar-refractivity contribution is 5.78. The first-order valence-electron chi connectivity index (χ1n) is 7.23. The molecule has 0 saturated carbocycles. The van der Waals surface area contributed by atoms with Gasteiger partial charge in [0.25, 0.3) is 0 Å². The zero-order valence-electron chi connectivity index (χ0n) is 13.0. The number of carbonyl (C=O) groups excluding carboxylic acids is 1. The van der Waals surface area contributed by atoms with Gasteiger partial charge in [-0.15, -0.1) is 0 Å². The minimum atomic E-state index is 0.0584. The maximum absolute atomic E-state index is 11.9. The molecule has 0 aliphatic rings. The standard InChI is InChI=1S/C16H26N2O2/c1-5-18(6-2)10-9-17-16(19)12-14-8-7-13(3)15(11-14)20-4/h7-8,11H,5-6,9-10,12H2,1-4H3,(H,17,19). The molecule has 4 nitrogen and oxygen atoms in total. The lowest BCUT2D eigenvalue weighted by Crippen LogP contribution is -2.35. The molecule has 0 heterocycles. The molecule has 0 fully saturated rings. The Morgan fingerprint density at radius 1 is 1.30 bits per heavy atom. The Morgan fingerprint density at radius 3 is 2.60 bits per heavy atom. The van der Waals surface area contributed by atoms with Crippen molar-refractivity contribution in [2.24, 2.45) is 0 Å². The van der Waals surface area contributed by atoms with Crippen LogP contribution in [0.15, 0.2) is 18.2 Å². The van der Waals surface area contributed by atoms with Gasteiger partial charge >= 0.3 is 0 Å². The number of nitrogens with zero attached hydrogens (tertiary/aromatic N) is 1. The number of ether oxygens (including phenoxy) is 1. The minimum Gasteiger partial charge on any atom is -0.496 e. The predicted octanol–water partition coefficient (Wildman–Crippen LogP) is 2.00. The lowest BCUT2D eigenvalue weighted by Gasteiger charge is -2.18. The second-order valence-corrected chi connectivity index (χ2v) is 4.86. The summed E-state index contributed by atoms with van der Waals surface area (Å²) in [4.78, 5) is 14.2. The Kier molecular flexibility index (Phi) is 7.09. The van der Waals surface area contributed by atoms with Crippen LogP contribution in [0.1, 0.15) is 25.0 Å². The summed E-state index contributed by atoms with van der Waals surface area (Å²) in [5, 5.41) is 2.96. The Morgan fingerprint density at radius 2 is 2.00 bits per heavy atom. The van der Waals surface area contributed by atoms with Gasteiger partial charge in [-0.25, -0.2) is 0 Å². The highest BCUT2D eigenvalue weighted by atomic mass is 16.5. The summed E-state index contributed by atoms with van der Waals surface area (Å²) in [6, 6.07) is 5.89. The summed E-state index contributed by atoms with van der Waals surface area (Å²) in [7, 11) is 1.65. The van der Waals surface area contributed by atoms with Crippen LogP contribution in [0.25, 0.3) is 0 Å². The summed E-state index contributed by atoms with van der Waals surface area (Å²) in [5.74, 6) is 0.890. The van der Waals surface area contributed by atoms with Crippen molar-refractivity contribution < 1.29 is 9.53 Å². The molecular formula is C16H26N2O2. The lowest BCUT2D eigenvalue weighted by molar-refractivity contribution is -0.120. The Bertz CT molecular complexity index is 428. The normalized spacial score (nSPS) is 10.7. The molecule has 1 aromatic carbocycles. The summed E-state index contributed by atoms with van der Waals surface area (Å²) in [6.45, 7) is 9.88. The van der Waals surface area contributed by atoms with E-state index in [-0.39, 0.29) is 5.91 Å². The second kappa shape index (κ2) is 8.59. The summed E-state index contributed by atoms with van der Waals surface area (Å²) in [6.07, 6.45) is 0.398. The van der Waals surface area contributed by atoms with Gasteiger partial charge in [-0.3, -0.25) is 4.79 Å².